The molecule has 11 heavy (non-hydrogen) atoms. The number of carboxylic acid groups (broad SMARTS) is 1. The highest BCUT2D eigenvalue weighted by Gasteiger charge is 1.80. The molecule has 1 aromatic rings. The fraction of sp³-hybridized carbons (Fsp3) is 0. The molecule has 56 valence electrons. The minimum atomic E-state index is -1.17. The van der Waals surface area contributed by atoms with Gasteiger partial charge in [-0.2, -0.15) is 0 Å². The Hall–Kier alpha value is -1.57. The van der Waals surface area contributed by atoms with Crippen LogP contribution in [0, 0.1) is 0 Å². The molecule has 0 atom stereocenters. The van der Waals surface area contributed by atoms with Crippen molar-refractivity contribution in [1.82, 2.24) is 0 Å². The predicted molar refractivity (Wildman–Crippen MR) is 40.5 cm³/mol. The van der Waals surface area contributed by atoms with Crippen LogP contribution in [0.5, 0.6) is 0 Å². The Kier molecular flexibility index (Phi) is 2.44. The van der Waals surface area contributed by atoms with Crippen LogP contribution >= 0.6 is 0 Å². The number of hydrogen-bond acceptors (Lipinski definition) is 2. The molecule has 0 bridgehead atoms. The van der Waals surface area contributed by atoms with Crippen molar-refractivity contribution in [2.24, 2.45) is 0 Å². The minimum absolute atomic E-state index is 0.858. The highest BCUT2D eigenvalue weighted by atomic mass is 16.4. The van der Waals surface area contributed by atoms with Crippen molar-refractivity contribution in [1.29, 1.82) is 0 Å². The molecule has 2 nitrogen and oxygen atoms in total. The second kappa shape index (κ2) is 3.56. The second-order valence-corrected chi connectivity index (χ2v) is 2.06. The Balaban J connectivity index is 2.72. The van der Waals surface area contributed by atoms with Gasteiger partial charge in [-0.3, -0.25) is 0 Å². The molecule has 0 amide bonds. The highest BCUT2D eigenvalue weighted by molar-refractivity contribution is 5.83. The maximum absolute atomic E-state index is 9.97. The first-order chi connectivity index (χ1) is 5.29. The van der Waals surface area contributed by atoms with Crippen molar-refractivity contribution in [3.63, 3.8) is 0 Å². The van der Waals surface area contributed by atoms with E-state index in [1.165, 1.54) is 6.08 Å². The molecule has 0 aliphatic carbocycles. The lowest BCUT2D eigenvalue weighted by atomic mass is 10.2. The number of carbonyl (C=O) groups excluding carboxylic acids is 1. The molecule has 0 aliphatic rings. The maximum atomic E-state index is 9.97. The molecular formula is C9H7O2-. The molecule has 1 rings (SSSR count). The van der Waals surface area contributed by atoms with Crippen molar-refractivity contribution in [2.75, 3.05) is 0 Å². The third kappa shape index (κ3) is 2.67. The van der Waals surface area contributed by atoms with E-state index in [4.69, 9.17) is 0 Å². The van der Waals surface area contributed by atoms with E-state index in [9.17, 15) is 9.90 Å². The molecule has 0 N–H and O–H groups in total. The Morgan fingerprint density at radius 1 is 1.27 bits per heavy atom. The topological polar surface area (TPSA) is 40.1 Å². The van der Waals surface area contributed by atoms with E-state index >= 15 is 0 Å². The molecule has 0 unspecified atom stereocenters. The van der Waals surface area contributed by atoms with Gasteiger partial charge in [0.2, 0.25) is 0 Å². The molecule has 0 radical (unpaired) electrons. The maximum Gasteiger partial charge on any atom is 0.0643 e. The highest BCUT2D eigenvalue weighted by Crippen LogP contribution is 1.99. The number of benzene rings is 1. The van der Waals surface area contributed by atoms with Crippen molar-refractivity contribution < 1.29 is 9.90 Å². The fourth-order valence-electron chi connectivity index (χ4n) is 0.728. The van der Waals surface area contributed by atoms with Gasteiger partial charge >= 0.3 is 0 Å². The first-order valence-corrected chi connectivity index (χ1v) is 3.23. The Bertz CT molecular complexity index is 262. The molecule has 0 saturated carbocycles. The monoisotopic (exact) mass is 147 g/mol. The molecule has 0 heterocycles. The van der Waals surface area contributed by atoms with Crippen LogP contribution in [0.3, 0.4) is 0 Å². The first-order valence-electron chi connectivity index (χ1n) is 3.23. The third-order valence-corrected chi connectivity index (χ3v) is 1.21. The van der Waals surface area contributed by atoms with Gasteiger partial charge in [0.1, 0.15) is 0 Å². The van der Waals surface area contributed by atoms with Gasteiger partial charge in [-0.15, -0.1) is 0 Å². The van der Waals surface area contributed by atoms with E-state index in [0.717, 1.165) is 11.6 Å². The molecular weight excluding hydrogens is 140 g/mol. The van der Waals surface area contributed by atoms with Gasteiger partial charge in [-0.05, 0) is 11.6 Å². The van der Waals surface area contributed by atoms with Crippen LogP contribution in [-0.2, 0) is 4.79 Å². The molecule has 0 aromatic heterocycles. The smallest absolute Gasteiger partial charge is 0.0643 e. The van der Waals surface area contributed by atoms with Crippen LogP contribution in [0.4, 0.5) is 0 Å². The Morgan fingerprint density at radius 3 is 2.45 bits per heavy atom. The molecule has 1 aromatic carbocycles. The van der Waals surface area contributed by atoms with Gasteiger partial charge < -0.3 is 9.90 Å². The second-order valence-electron chi connectivity index (χ2n) is 2.06. The van der Waals surface area contributed by atoms with Crippen molar-refractivity contribution in [3.8, 4) is 0 Å². The van der Waals surface area contributed by atoms with E-state index in [1.54, 1.807) is 0 Å². The summed E-state index contributed by atoms with van der Waals surface area (Å²) in [7, 11) is 0. The Morgan fingerprint density at radius 2 is 1.91 bits per heavy atom. The molecule has 2 heteroatoms. The van der Waals surface area contributed by atoms with E-state index in [-0.39, 0.29) is 0 Å². The lowest BCUT2D eigenvalue weighted by Gasteiger charge is -1.91. The number of carbonyl (C=O) groups is 1. The Labute approximate surface area is 64.8 Å². The van der Waals surface area contributed by atoms with Crippen molar-refractivity contribution in [3.05, 3.63) is 42.0 Å². The summed E-state index contributed by atoms with van der Waals surface area (Å²) in [6.45, 7) is 0. The van der Waals surface area contributed by atoms with Crippen molar-refractivity contribution >= 4 is 12.0 Å². The molecule has 0 spiro atoms. The quantitative estimate of drug-likeness (QED) is 0.570. The summed E-state index contributed by atoms with van der Waals surface area (Å²) in [5.74, 6) is -1.17. The summed E-state index contributed by atoms with van der Waals surface area (Å²) in [4.78, 5) is 9.97. The van der Waals surface area contributed by atoms with Crippen LogP contribution in [0.2, 0.25) is 0 Å². The standard InChI is InChI=1S/C9H8O2/c10-9(11)7-6-8-4-2-1-3-5-8/h1-7H,(H,10,11)/p-1. The summed E-state index contributed by atoms with van der Waals surface area (Å²) < 4.78 is 0. The molecule has 0 saturated heterocycles. The van der Waals surface area contributed by atoms with Crippen LogP contribution in [-0.4, -0.2) is 5.97 Å². The van der Waals surface area contributed by atoms with E-state index in [0.29, 0.717) is 0 Å². The zero-order valence-corrected chi connectivity index (χ0v) is 5.86. The average molecular weight is 147 g/mol. The van der Waals surface area contributed by atoms with E-state index in [1.807, 2.05) is 30.3 Å². The lowest BCUT2D eigenvalue weighted by molar-refractivity contribution is -0.297. The SMILES string of the molecule is O=C([O-])C=Cc1ccccc1. The minimum Gasteiger partial charge on any atom is -0.545 e. The molecule has 0 fully saturated rings. The third-order valence-electron chi connectivity index (χ3n) is 1.21. The van der Waals surface area contributed by atoms with E-state index < -0.39 is 5.97 Å². The van der Waals surface area contributed by atoms with Crippen LogP contribution in [0.15, 0.2) is 36.4 Å². The lowest BCUT2D eigenvalue weighted by Crippen LogP contribution is -2.18. The summed E-state index contributed by atoms with van der Waals surface area (Å²) in [6, 6.07) is 9.19. The van der Waals surface area contributed by atoms with E-state index in [2.05, 4.69) is 0 Å². The predicted octanol–water partition coefficient (Wildman–Crippen LogP) is 0.450. The summed E-state index contributed by atoms with van der Waals surface area (Å²) in [5.41, 5.74) is 0.858. The van der Waals surface area contributed by atoms with Gasteiger partial charge in [0.25, 0.3) is 0 Å². The van der Waals surface area contributed by atoms with Crippen molar-refractivity contribution in [2.45, 2.75) is 0 Å². The van der Waals surface area contributed by atoms with Crippen LogP contribution < -0.4 is 5.11 Å². The van der Waals surface area contributed by atoms with Gasteiger partial charge in [0, 0.05) is 0 Å². The number of aliphatic carboxylic acids is 1. The van der Waals surface area contributed by atoms with Crippen LogP contribution in [0.25, 0.3) is 6.08 Å². The number of hydrogen-bond donors (Lipinski definition) is 0. The summed E-state index contributed by atoms with van der Waals surface area (Å²) >= 11 is 0. The van der Waals surface area contributed by atoms with Gasteiger partial charge in [0.15, 0.2) is 0 Å². The summed E-state index contributed by atoms with van der Waals surface area (Å²) in [5, 5.41) is 9.97. The average Bonchev–Trinajstić information content (AvgIpc) is 2.03. The molecule has 0 aliphatic heterocycles. The summed E-state index contributed by atoms with van der Waals surface area (Å²) in [6.07, 6.45) is 2.50. The van der Waals surface area contributed by atoms with Crippen LogP contribution in [0.1, 0.15) is 5.56 Å². The largest absolute Gasteiger partial charge is 0.545 e. The fourth-order valence-corrected chi connectivity index (χ4v) is 0.728. The zero-order chi connectivity index (χ0) is 8.10. The van der Waals surface area contributed by atoms with Gasteiger partial charge in [-0.25, -0.2) is 0 Å². The zero-order valence-electron chi connectivity index (χ0n) is 5.86. The first kappa shape index (κ1) is 7.54. The number of rotatable bonds is 2. The number of carboxylic acids is 1. The van der Waals surface area contributed by atoms with Gasteiger partial charge in [0.05, 0.1) is 5.97 Å². The van der Waals surface area contributed by atoms with Gasteiger partial charge in [-0.1, -0.05) is 36.4 Å². The normalized spacial score (nSPS) is 10.2.